The van der Waals surface area contributed by atoms with Gasteiger partial charge in [0.2, 0.25) is 0 Å². The summed E-state index contributed by atoms with van der Waals surface area (Å²) in [4.78, 5) is 24.9. The highest BCUT2D eigenvalue weighted by molar-refractivity contribution is 5.94. The SMILES string of the molecule is C=C1c2ccccc2N2c3ncccc3N(C(C)C)C2C2C1c1ccccc1N1c3nccnc3N(c3ccccc3)C21. The van der Waals surface area contributed by atoms with E-state index in [2.05, 4.69) is 124 Å². The predicted molar refractivity (Wildman–Crippen MR) is 172 cm³/mol. The summed E-state index contributed by atoms with van der Waals surface area (Å²) in [5.74, 6) is 2.81. The van der Waals surface area contributed by atoms with E-state index in [0.717, 1.165) is 45.8 Å². The topological polar surface area (TPSA) is 51.6 Å². The first-order valence-corrected chi connectivity index (χ1v) is 15.0. The van der Waals surface area contributed by atoms with Gasteiger partial charge in [-0.05, 0) is 61.4 Å². The van der Waals surface area contributed by atoms with Gasteiger partial charge in [0.05, 0.1) is 11.4 Å². The predicted octanol–water partition coefficient (Wildman–Crippen LogP) is 7.62. The summed E-state index contributed by atoms with van der Waals surface area (Å²) in [6.45, 7) is 9.46. The lowest BCUT2D eigenvalue weighted by molar-refractivity contribution is 0.309. The second-order valence-corrected chi connectivity index (χ2v) is 12.0. The van der Waals surface area contributed by atoms with E-state index in [-0.39, 0.29) is 30.2 Å². The number of para-hydroxylation sites is 3. The van der Waals surface area contributed by atoms with E-state index in [1.54, 1.807) is 6.20 Å². The van der Waals surface area contributed by atoms with Gasteiger partial charge in [-0.15, -0.1) is 0 Å². The molecular weight excluding hydrogens is 530 g/mol. The second-order valence-electron chi connectivity index (χ2n) is 12.0. The Bertz CT molecular complexity index is 1900. The molecule has 7 heteroatoms. The molecule has 4 atom stereocenters. The Morgan fingerprint density at radius 2 is 1.23 bits per heavy atom. The quantitative estimate of drug-likeness (QED) is 0.220. The molecule has 4 aliphatic heterocycles. The summed E-state index contributed by atoms with van der Waals surface area (Å²) >= 11 is 0. The molecule has 2 aromatic heterocycles. The molecule has 0 saturated carbocycles. The summed E-state index contributed by atoms with van der Waals surface area (Å²) in [6, 6.07) is 32.7. The van der Waals surface area contributed by atoms with Crippen molar-refractivity contribution < 1.29 is 0 Å². The highest BCUT2D eigenvalue weighted by Crippen LogP contribution is 2.63. The number of hydrogen-bond acceptors (Lipinski definition) is 7. The Balaban J connectivity index is 1.39. The van der Waals surface area contributed by atoms with Crippen LogP contribution in [0.15, 0.2) is 116 Å². The van der Waals surface area contributed by atoms with Gasteiger partial charge < -0.3 is 19.6 Å². The zero-order valence-electron chi connectivity index (χ0n) is 24.1. The smallest absolute Gasteiger partial charge is 0.178 e. The number of benzene rings is 3. The van der Waals surface area contributed by atoms with E-state index in [4.69, 9.17) is 21.5 Å². The van der Waals surface area contributed by atoms with Gasteiger partial charge in [0.25, 0.3) is 0 Å². The number of anilines is 7. The first kappa shape index (κ1) is 24.4. The number of nitrogens with zero attached hydrogens (tertiary/aromatic N) is 7. The number of pyridine rings is 1. The zero-order valence-corrected chi connectivity index (χ0v) is 24.1. The van der Waals surface area contributed by atoms with Crippen LogP contribution in [0.5, 0.6) is 0 Å². The van der Waals surface area contributed by atoms with Gasteiger partial charge in [-0.25, -0.2) is 15.0 Å². The first-order chi connectivity index (χ1) is 21.1. The van der Waals surface area contributed by atoms with Crippen LogP contribution in [0.4, 0.5) is 40.2 Å². The third kappa shape index (κ3) is 3.16. The molecule has 4 aliphatic rings. The van der Waals surface area contributed by atoms with Crippen molar-refractivity contribution in [2.75, 3.05) is 19.6 Å². The highest BCUT2D eigenvalue weighted by atomic mass is 15.5. The Kier molecular flexibility index (Phi) is 5.06. The number of rotatable bonds is 2. The molecule has 7 nitrogen and oxygen atoms in total. The largest absolute Gasteiger partial charge is 0.345 e. The minimum absolute atomic E-state index is 0.0302. The van der Waals surface area contributed by atoms with Crippen molar-refractivity contribution in [3.8, 4) is 0 Å². The first-order valence-electron chi connectivity index (χ1n) is 15.0. The van der Waals surface area contributed by atoms with Crippen LogP contribution in [0.3, 0.4) is 0 Å². The third-order valence-corrected chi connectivity index (χ3v) is 9.55. The lowest BCUT2D eigenvalue weighted by atomic mass is 9.72. The maximum absolute atomic E-state index is 5.03. The van der Waals surface area contributed by atoms with Crippen molar-refractivity contribution in [3.05, 3.63) is 127 Å². The van der Waals surface area contributed by atoms with Crippen LogP contribution in [0.1, 0.15) is 30.9 Å². The summed E-state index contributed by atoms with van der Waals surface area (Å²) in [5, 5.41) is 0. The molecular formula is C36H31N7. The lowest BCUT2D eigenvalue weighted by Crippen LogP contribution is -2.61. The van der Waals surface area contributed by atoms with Gasteiger partial charge in [-0.3, -0.25) is 0 Å². The van der Waals surface area contributed by atoms with Crippen LogP contribution in [0.2, 0.25) is 0 Å². The molecule has 0 N–H and O–H groups in total. The molecule has 43 heavy (non-hydrogen) atoms. The fraction of sp³-hybridized carbons (Fsp3) is 0.194. The molecule has 0 amide bonds. The van der Waals surface area contributed by atoms with E-state index in [0.29, 0.717) is 0 Å². The van der Waals surface area contributed by atoms with Crippen LogP contribution >= 0.6 is 0 Å². The van der Waals surface area contributed by atoms with Gasteiger partial charge in [-0.1, -0.05) is 61.2 Å². The van der Waals surface area contributed by atoms with Gasteiger partial charge >= 0.3 is 0 Å². The Morgan fingerprint density at radius 1 is 0.605 bits per heavy atom. The van der Waals surface area contributed by atoms with Crippen molar-refractivity contribution >= 4 is 45.8 Å². The van der Waals surface area contributed by atoms with Crippen LogP contribution in [-0.2, 0) is 0 Å². The monoisotopic (exact) mass is 561 g/mol. The standard InChI is InChI=1S/C36H31N7/c1-22(2)40-29-18-11-19-37-32(29)42-27-16-9-7-14-25(27)23(3)30-26-15-8-10-17-28(26)43-34-33(38-20-21-39-34)41(24-12-5-4-6-13-24)36(43)31(30)35(40)42/h4-22,30-31,35-36H,3H2,1-2H3. The van der Waals surface area contributed by atoms with E-state index in [9.17, 15) is 0 Å². The maximum atomic E-state index is 5.03. The van der Waals surface area contributed by atoms with E-state index < -0.39 is 0 Å². The molecule has 0 radical (unpaired) electrons. The molecule has 5 aromatic rings. The van der Waals surface area contributed by atoms with E-state index in [1.165, 1.54) is 11.1 Å². The second kappa shape index (κ2) is 8.91. The normalized spacial score (nSPS) is 22.7. The minimum atomic E-state index is -0.117. The number of allylic oxidation sites excluding steroid dienone is 1. The zero-order chi connectivity index (χ0) is 28.8. The molecule has 4 unspecified atom stereocenters. The van der Waals surface area contributed by atoms with Gasteiger partial charge in [-0.2, -0.15) is 0 Å². The van der Waals surface area contributed by atoms with Crippen molar-refractivity contribution in [1.82, 2.24) is 15.0 Å². The minimum Gasteiger partial charge on any atom is -0.345 e. The highest BCUT2D eigenvalue weighted by Gasteiger charge is 2.60. The number of aromatic nitrogens is 3. The van der Waals surface area contributed by atoms with Crippen LogP contribution in [0, 0.1) is 5.92 Å². The molecule has 0 aliphatic carbocycles. The van der Waals surface area contributed by atoms with Gasteiger partial charge in [0, 0.05) is 53.4 Å². The molecule has 6 heterocycles. The molecule has 3 aromatic carbocycles. The fourth-order valence-corrected chi connectivity index (χ4v) is 8.08. The average Bonchev–Trinajstić information content (AvgIpc) is 3.55. The molecule has 0 bridgehead atoms. The molecule has 210 valence electrons. The van der Waals surface area contributed by atoms with Gasteiger partial charge in [0.15, 0.2) is 17.5 Å². The van der Waals surface area contributed by atoms with Crippen molar-refractivity contribution in [2.45, 2.75) is 38.1 Å². The Hall–Kier alpha value is -5.17. The fourth-order valence-electron chi connectivity index (χ4n) is 8.08. The molecule has 0 fully saturated rings. The van der Waals surface area contributed by atoms with Crippen molar-refractivity contribution in [2.24, 2.45) is 5.92 Å². The summed E-state index contributed by atoms with van der Waals surface area (Å²) < 4.78 is 0. The van der Waals surface area contributed by atoms with Crippen molar-refractivity contribution in [1.29, 1.82) is 0 Å². The molecule has 9 rings (SSSR count). The van der Waals surface area contributed by atoms with Crippen LogP contribution < -0.4 is 19.6 Å². The van der Waals surface area contributed by atoms with Crippen LogP contribution in [0.25, 0.3) is 5.57 Å². The number of hydrogen-bond donors (Lipinski definition) is 0. The Morgan fingerprint density at radius 3 is 2.02 bits per heavy atom. The number of fused-ring (bicyclic) bond motifs is 14. The van der Waals surface area contributed by atoms with Crippen molar-refractivity contribution in [3.63, 3.8) is 0 Å². The average molecular weight is 562 g/mol. The molecule has 0 spiro atoms. The molecule has 0 saturated heterocycles. The Labute approximate surface area is 251 Å². The van der Waals surface area contributed by atoms with E-state index >= 15 is 0 Å². The summed E-state index contributed by atoms with van der Waals surface area (Å²) in [5.41, 5.74) is 8.13. The van der Waals surface area contributed by atoms with Crippen LogP contribution in [-0.4, -0.2) is 33.3 Å². The van der Waals surface area contributed by atoms with E-state index in [1.807, 2.05) is 12.4 Å². The summed E-state index contributed by atoms with van der Waals surface area (Å²) in [6.07, 6.45) is 5.37. The van der Waals surface area contributed by atoms with Gasteiger partial charge in [0.1, 0.15) is 12.3 Å². The lowest BCUT2D eigenvalue weighted by Gasteiger charge is -2.51. The summed E-state index contributed by atoms with van der Waals surface area (Å²) in [7, 11) is 0. The third-order valence-electron chi connectivity index (χ3n) is 9.55. The maximum Gasteiger partial charge on any atom is 0.178 e.